The Morgan fingerprint density at radius 3 is 2.30 bits per heavy atom. The normalized spacial score (nSPS) is 10.8. The number of thioether (sulfide) groups is 2. The van der Waals surface area contributed by atoms with Crippen LogP contribution in [0.4, 0.5) is 0 Å². The van der Waals surface area contributed by atoms with Crippen molar-refractivity contribution in [2.24, 2.45) is 0 Å². The van der Waals surface area contributed by atoms with Gasteiger partial charge in [0.05, 0.1) is 23.4 Å². The predicted molar refractivity (Wildman–Crippen MR) is 116 cm³/mol. The van der Waals surface area contributed by atoms with Gasteiger partial charge in [-0.05, 0) is 35.4 Å². The Morgan fingerprint density at radius 2 is 1.59 bits per heavy atom. The van der Waals surface area contributed by atoms with Crippen molar-refractivity contribution in [3.63, 3.8) is 0 Å². The zero-order valence-electron chi connectivity index (χ0n) is 14.3. The molecule has 140 valence electrons. The molecule has 0 bridgehead atoms. The highest BCUT2D eigenvalue weighted by atomic mass is 35.5. The van der Waals surface area contributed by atoms with Gasteiger partial charge in [0, 0.05) is 16.5 Å². The molecule has 8 heteroatoms. The van der Waals surface area contributed by atoms with Gasteiger partial charge in [0.15, 0.2) is 10.9 Å². The van der Waals surface area contributed by atoms with Gasteiger partial charge >= 0.3 is 0 Å². The second-order valence-corrected chi connectivity index (χ2v) is 8.64. The Morgan fingerprint density at radius 1 is 0.889 bits per heavy atom. The molecule has 0 aliphatic carbocycles. The number of nitrogens with zero attached hydrogens (tertiary/aromatic N) is 2. The van der Waals surface area contributed by atoms with Crippen molar-refractivity contribution in [2.75, 3.05) is 7.11 Å². The molecule has 0 atom stereocenters. The summed E-state index contributed by atoms with van der Waals surface area (Å²) in [5, 5.41) is 3.31. The summed E-state index contributed by atoms with van der Waals surface area (Å²) < 4.78 is 5.39. The molecule has 0 unspecified atom stereocenters. The number of hydrogen-bond donors (Lipinski definition) is 0. The smallest absolute Gasteiger partial charge is 0.189 e. The van der Waals surface area contributed by atoms with E-state index in [2.05, 4.69) is 9.97 Å². The zero-order valence-corrected chi connectivity index (χ0v) is 18.2. The maximum absolute atomic E-state index is 6.07. The molecule has 0 spiro atoms. The summed E-state index contributed by atoms with van der Waals surface area (Å²) in [4.78, 5) is 9.00. The minimum atomic E-state index is 0.546. The molecule has 0 aliphatic rings. The van der Waals surface area contributed by atoms with Crippen LogP contribution >= 0.6 is 58.3 Å². The lowest BCUT2D eigenvalue weighted by molar-refractivity contribution is 0.395. The van der Waals surface area contributed by atoms with Crippen LogP contribution < -0.4 is 4.74 Å². The molecule has 0 saturated heterocycles. The van der Waals surface area contributed by atoms with Crippen LogP contribution in [-0.4, -0.2) is 17.1 Å². The largest absolute Gasteiger partial charge is 0.492 e. The van der Waals surface area contributed by atoms with Gasteiger partial charge in [-0.1, -0.05) is 76.5 Å². The summed E-state index contributed by atoms with van der Waals surface area (Å²) in [5.74, 6) is 2.12. The predicted octanol–water partition coefficient (Wildman–Crippen LogP) is 7.03. The fraction of sp³-hybridized carbons (Fsp3) is 0.158. The Hall–Kier alpha value is -1.11. The highest BCUT2D eigenvalue weighted by Crippen LogP contribution is 2.32. The number of methoxy groups -OCH3 is 1. The first kappa shape index (κ1) is 20.6. The van der Waals surface area contributed by atoms with Crippen LogP contribution in [-0.2, 0) is 11.5 Å². The second kappa shape index (κ2) is 9.89. The maximum atomic E-state index is 6.07. The van der Waals surface area contributed by atoms with Gasteiger partial charge in [-0.25, -0.2) is 9.97 Å². The first-order valence-corrected chi connectivity index (χ1v) is 11.0. The van der Waals surface area contributed by atoms with Gasteiger partial charge in [-0.2, -0.15) is 0 Å². The van der Waals surface area contributed by atoms with Gasteiger partial charge in [0.1, 0.15) is 5.03 Å². The lowest BCUT2D eigenvalue weighted by Gasteiger charge is -2.09. The number of aromatic nitrogens is 2. The molecular weight excluding hydrogens is 443 g/mol. The van der Waals surface area contributed by atoms with E-state index in [1.807, 2.05) is 36.4 Å². The van der Waals surface area contributed by atoms with E-state index in [-0.39, 0.29) is 0 Å². The fourth-order valence-corrected chi connectivity index (χ4v) is 4.35. The van der Waals surface area contributed by atoms with E-state index in [9.17, 15) is 0 Å². The third kappa shape index (κ3) is 5.93. The monoisotopic (exact) mass is 456 g/mol. The van der Waals surface area contributed by atoms with Crippen LogP contribution in [0.5, 0.6) is 5.75 Å². The van der Waals surface area contributed by atoms with Gasteiger partial charge < -0.3 is 4.74 Å². The molecule has 3 aromatic rings. The number of halogens is 3. The molecule has 3 rings (SSSR count). The van der Waals surface area contributed by atoms with E-state index in [1.165, 1.54) is 11.8 Å². The molecule has 0 fully saturated rings. The van der Waals surface area contributed by atoms with E-state index < -0.39 is 0 Å². The molecule has 0 saturated carbocycles. The Balaban J connectivity index is 1.68. The first-order chi connectivity index (χ1) is 13.0. The average molecular weight is 458 g/mol. The van der Waals surface area contributed by atoms with Crippen molar-refractivity contribution in [3.05, 3.63) is 74.9 Å². The van der Waals surface area contributed by atoms with Gasteiger partial charge in [-0.3, -0.25) is 0 Å². The molecule has 2 aromatic carbocycles. The minimum Gasteiger partial charge on any atom is -0.492 e. The molecule has 27 heavy (non-hydrogen) atoms. The fourth-order valence-electron chi connectivity index (χ4n) is 2.16. The maximum Gasteiger partial charge on any atom is 0.189 e. The van der Waals surface area contributed by atoms with Crippen LogP contribution in [0.25, 0.3) is 0 Å². The lowest BCUT2D eigenvalue weighted by atomic mass is 10.2. The van der Waals surface area contributed by atoms with Crippen LogP contribution in [0.3, 0.4) is 0 Å². The Labute approximate surface area is 181 Å². The molecule has 0 aliphatic heterocycles. The number of benzene rings is 2. The van der Waals surface area contributed by atoms with Crippen molar-refractivity contribution in [3.8, 4) is 5.75 Å². The van der Waals surface area contributed by atoms with E-state index >= 15 is 0 Å². The SMILES string of the molecule is COc1cnc(SCc2ccc(Cl)c(Cl)c2)nc1SCc1ccc(Cl)cc1. The van der Waals surface area contributed by atoms with Crippen LogP contribution in [0.1, 0.15) is 11.1 Å². The van der Waals surface area contributed by atoms with E-state index in [1.54, 1.807) is 31.1 Å². The molecule has 0 amide bonds. The minimum absolute atomic E-state index is 0.546. The summed E-state index contributed by atoms with van der Waals surface area (Å²) in [6, 6.07) is 13.4. The number of rotatable bonds is 7. The van der Waals surface area contributed by atoms with E-state index in [0.717, 1.165) is 26.9 Å². The zero-order chi connectivity index (χ0) is 19.2. The number of ether oxygens (including phenoxy) is 1. The van der Waals surface area contributed by atoms with Crippen molar-refractivity contribution in [2.45, 2.75) is 21.7 Å². The van der Waals surface area contributed by atoms with Gasteiger partial charge in [0.2, 0.25) is 0 Å². The highest BCUT2D eigenvalue weighted by molar-refractivity contribution is 7.99. The topological polar surface area (TPSA) is 35.0 Å². The summed E-state index contributed by atoms with van der Waals surface area (Å²) in [6.45, 7) is 0. The average Bonchev–Trinajstić information content (AvgIpc) is 2.68. The molecule has 0 N–H and O–H groups in total. The van der Waals surface area contributed by atoms with Crippen LogP contribution in [0.15, 0.2) is 58.8 Å². The van der Waals surface area contributed by atoms with Crippen molar-refractivity contribution >= 4 is 58.3 Å². The molecule has 1 aromatic heterocycles. The third-order valence-corrected chi connectivity index (χ3v) is 6.53. The summed E-state index contributed by atoms with van der Waals surface area (Å²) in [6.07, 6.45) is 1.70. The number of hydrogen-bond acceptors (Lipinski definition) is 5. The summed E-state index contributed by atoms with van der Waals surface area (Å²) in [5.41, 5.74) is 2.22. The quantitative estimate of drug-likeness (QED) is 0.216. The van der Waals surface area contributed by atoms with Crippen molar-refractivity contribution in [1.29, 1.82) is 0 Å². The summed E-state index contributed by atoms with van der Waals surface area (Å²) in [7, 11) is 1.62. The van der Waals surface area contributed by atoms with Crippen LogP contribution in [0, 0.1) is 0 Å². The second-order valence-electron chi connectivity index (χ2n) is 5.48. The molecule has 3 nitrogen and oxygen atoms in total. The van der Waals surface area contributed by atoms with E-state index in [4.69, 9.17) is 39.5 Å². The Bertz CT molecular complexity index is 923. The van der Waals surface area contributed by atoms with Crippen molar-refractivity contribution < 1.29 is 4.74 Å². The van der Waals surface area contributed by atoms with Gasteiger partial charge in [0.25, 0.3) is 0 Å². The van der Waals surface area contributed by atoms with Gasteiger partial charge in [-0.15, -0.1) is 0 Å². The lowest BCUT2D eigenvalue weighted by Crippen LogP contribution is -1.95. The standard InChI is InChI=1S/C19H15Cl3N2OS2/c1-25-17-9-23-19(27-11-13-4-7-15(21)16(22)8-13)24-18(17)26-10-12-2-5-14(20)6-3-12/h2-9H,10-11H2,1H3. The molecule has 1 heterocycles. The van der Waals surface area contributed by atoms with E-state index in [0.29, 0.717) is 26.7 Å². The molecule has 0 radical (unpaired) electrons. The highest BCUT2D eigenvalue weighted by Gasteiger charge is 2.10. The molecular formula is C19H15Cl3N2OS2. The third-order valence-electron chi connectivity index (χ3n) is 3.56. The van der Waals surface area contributed by atoms with Crippen molar-refractivity contribution in [1.82, 2.24) is 9.97 Å². The summed E-state index contributed by atoms with van der Waals surface area (Å²) >= 11 is 21.1. The Kier molecular flexibility index (Phi) is 7.56. The van der Waals surface area contributed by atoms with Crippen LogP contribution in [0.2, 0.25) is 15.1 Å². The first-order valence-electron chi connectivity index (χ1n) is 7.90.